The van der Waals surface area contributed by atoms with Crippen molar-refractivity contribution in [2.24, 2.45) is 0 Å². The summed E-state index contributed by atoms with van der Waals surface area (Å²) in [7, 11) is -5.71. The first-order valence-corrected chi connectivity index (χ1v) is 5.93. The summed E-state index contributed by atoms with van der Waals surface area (Å²) in [6, 6.07) is 1.08. The van der Waals surface area contributed by atoms with Crippen molar-refractivity contribution in [3.63, 3.8) is 0 Å². The van der Waals surface area contributed by atoms with Crippen LogP contribution in [-0.2, 0) is 10.1 Å². The molecule has 0 aromatic carbocycles. The molecular weight excluding hydrogens is 275 g/mol. The van der Waals surface area contributed by atoms with Crippen LogP contribution in [0.5, 0.6) is 5.75 Å². The van der Waals surface area contributed by atoms with Gasteiger partial charge in [-0.2, -0.15) is 26.7 Å². The smallest absolute Gasteiger partial charge is 0.375 e. The standard InChI is InChI=1S/C8H6F3N3O3S/c1-4-2-6(5-3-12-14-7(5)13-4)17-18(15,16)8(9,10)11/h2-3H,1H3,(H,12,13,14). The average molecular weight is 281 g/mol. The highest BCUT2D eigenvalue weighted by atomic mass is 32.2. The van der Waals surface area contributed by atoms with Crippen LogP contribution < -0.4 is 4.18 Å². The first-order valence-electron chi connectivity index (χ1n) is 4.52. The minimum atomic E-state index is -5.71. The van der Waals surface area contributed by atoms with Crippen molar-refractivity contribution in [3.8, 4) is 5.75 Å². The molecule has 2 aromatic rings. The number of nitrogens with one attached hydrogen (secondary N) is 1. The number of fused-ring (bicyclic) bond motifs is 1. The molecule has 0 aliphatic heterocycles. The quantitative estimate of drug-likeness (QED) is 0.666. The van der Waals surface area contributed by atoms with E-state index >= 15 is 0 Å². The molecular formula is C8H6F3N3O3S. The predicted molar refractivity (Wildman–Crippen MR) is 54.2 cm³/mol. The Hall–Kier alpha value is -1.84. The summed E-state index contributed by atoms with van der Waals surface area (Å²) < 4.78 is 62.4. The number of halogens is 3. The van der Waals surface area contributed by atoms with Gasteiger partial charge >= 0.3 is 15.6 Å². The Balaban J connectivity index is 2.53. The zero-order valence-corrected chi connectivity index (χ0v) is 9.63. The highest BCUT2D eigenvalue weighted by molar-refractivity contribution is 7.88. The minimum Gasteiger partial charge on any atom is -0.375 e. The zero-order chi connectivity index (χ0) is 13.6. The molecule has 6 nitrogen and oxygen atoms in total. The second kappa shape index (κ2) is 3.83. The number of pyridine rings is 1. The molecule has 0 unspecified atom stereocenters. The first kappa shape index (κ1) is 12.6. The van der Waals surface area contributed by atoms with Crippen LogP contribution in [0.25, 0.3) is 11.0 Å². The minimum absolute atomic E-state index is 0.0495. The Morgan fingerprint density at radius 2 is 2.06 bits per heavy atom. The summed E-state index contributed by atoms with van der Waals surface area (Å²) in [6.07, 6.45) is 1.13. The molecule has 0 bridgehead atoms. The molecule has 18 heavy (non-hydrogen) atoms. The van der Waals surface area contributed by atoms with Gasteiger partial charge in [0.2, 0.25) is 0 Å². The van der Waals surface area contributed by atoms with E-state index in [0.717, 1.165) is 12.3 Å². The van der Waals surface area contributed by atoms with Crippen molar-refractivity contribution in [2.75, 3.05) is 0 Å². The highest BCUT2D eigenvalue weighted by Gasteiger charge is 2.48. The fraction of sp³-hybridized carbons (Fsp3) is 0.250. The number of rotatable bonds is 2. The molecule has 0 radical (unpaired) electrons. The van der Waals surface area contributed by atoms with Crippen LogP contribution in [-0.4, -0.2) is 29.1 Å². The van der Waals surface area contributed by atoms with Gasteiger partial charge in [-0.3, -0.25) is 5.10 Å². The third kappa shape index (κ3) is 2.10. The van der Waals surface area contributed by atoms with Crippen LogP contribution in [0.3, 0.4) is 0 Å². The Labute approximate surface area is 98.9 Å². The second-order valence-corrected chi connectivity index (χ2v) is 4.92. The number of hydrogen-bond donors (Lipinski definition) is 1. The fourth-order valence-electron chi connectivity index (χ4n) is 1.26. The van der Waals surface area contributed by atoms with Gasteiger partial charge in [-0.05, 0) is 6.92 Å². The zero-order valence-electron chi connectivity index (χ0n) is 8.82. The largest absolute Gasteiger partial charge is 0.534 e. The Bertz CT molecular complexity index is 692. The van der Waals surface area contributed by atoms with E-state index in [9.17, 15) is 21.6 Å². The maximum Gasteiger partial charge on any atom is 0.534 e. The molecule has 0 aliphatic carbocycles. The topological polar surface area (TPSA) is 84.9 Å². The molecule has 0 spiro atoms. The molecule has 2 rings (SSSR count). The van der Waals surface area contributed by atoms with Crippen LogP contribution in [0.2, 0.25) is 0 Å². The average Bonchev–Trinajstić information content (AvgIpc) is 2.62. The van der Waals surface area contributed by atoms with E-state index in [1.165, 1.54) is 6.92 Å². The molecule has 1 N–H and O–H groups in total. The van der Waals surface area contributed by atoms with E-state index in [4.69, 9.17) is 0 Å². The molecule has 10 heteroatoms. The van der Waals surface area contributed by atoms with Crippen LogP contribution in [0.15, 0.2) is 12.3 Å². The predicted octanol–water partition coefficient (Wildman–Crippen LogP) is 1.49. The summed E-state index contributed by atoms with van der Waals surface area (Å²) in [4.78, 5) is 3.91. The molecule has 0 atom stereocenters. The number of H-pyrrole nitrogens is 1. The lowest BCUT2D eigenvalue weighted by molar-refractivity contribution is -0.0499. The fourth-order valence-corrected chi connectivity index (χ4v) is 1.72. The normalized spacial score (nSPS) is 12.9. The van der Waals surface area contributed by atoms with E-state index < -0.39 is 21.4 Å². The van der Waals surface area contributed by atoms with Gasteiger partial charge in [-0.25, -0.2) is 4.98 Å². The maximum atomic E-state index is 12.2. The third-order valence-electron chi connectivity index (χ3n) is 2.00. The lowest BCUT2D eigenvalue weighted by Crippen LogP contribution is -2.28. The Morgan fingerprint density at radius 3 is 2.67 bits per heavy atom. The number of nitrogens with zero attached hydrogens (tertiary/aromatic N) is 2. The van der Waals surface area contributed by atoms with Crippen LogP contribution in [0, 0.1) is 6.92 Å². The number of hydrogen-bond acceptors (Lipinski definition) is 5. The molecule has 2 aromatic heterocycles. The second-order valence-electron chi connectivity index (χ2n) is 3.38. The molecule has 0 amide bonds. The van der Waals surface area contributed by atoms with Crippen LogP contribution in [0.1, 0.15) is 5.69 Å². The van der Waals surface area contributed by atoms with Gasteiger partial charge in [0.15, 0.2) is 11.4 Å². The van der Waals surface area contributed by atoms with Crippen LogP contribution in [0.4, 0.5) is 13.2 Å². The Morgan fingerprint density at radius 1 is 1.39 bits per heavy atom. The molecule has 0 aliphatic rings. The molecule has 2 heterocycles. The van der Waals surface area contributed by atoms with Gasteiger partial charge < -0.3 is 4.18 Å². The van der Waals surface area contributed by atoms with Gasteiger partial charge in [0, 0.05) is 11.8 Å². The number of aromatic nitrogens is 3. The van der Waals surface area contributed by atoms with Gasteiger partial charge in [-0.15, -0.1) is 0 Å². The van der Waals surface area contributed by atoms with Crippen LogP contribution >= 0.6 is 0 Å². The summed E-state index contributed by atoms with van der Waals surface area (Å²) >= 11 is 0. The van der Waals surface area contributed by atoms with Crippen molar-refractivity contribution in [1.82, 2.24) is 15.2 Å². The van der Waals surface area contributed by atoms with Crippen molar-refractivity contribution >= 4 is 21.2 Å². The van der Waals surface area contributed by atoms with Gasteiger partial charge in [0.05, 0.1) is 11.6 Å². The van der Waals surface area contributed by atoms with Gasteiger partial charge in [0.1, 0.15) is 0 Å². The number of aromatic amines is 1. The molecule has 98 valence electrons. The van der Waals surface area contributed by atoms with E-state index in [-0.39, 0.29) is 11.0 Å². The van der Waals surface area contributed by atoms with E-state index in [1.54, 1.807) is 0 Å². The molecule has 0 saturated carbocycles. The molecule has 0 fully saturated rings. The SMILES string of the molecule is Cc1cc(OS(=O)(=O)C(F)(F)F)c2cn[nH]c2n1. The Kier molecular flexibility index (Phi) is 2.69. The lowest BCUT2D eigenvalue weighted by atomic mass is 10.3. The van der Waals surface area contributed by atoms with Crippen molar-refractivity contribution in [1.29, 1.82) is 0 Å². The summed E-state index contributed by atoms with van der Waals surface area (Å²) in [5.41, 5.74) is -5.05. The maximum absolute atomic E-state index is 12.2. The lowest BCUT2D eigenvalue weighted by Gasteiger charge is -2.10. The monoisotopic (exact) mass is 281 g/mol. The van der Waals surface area contributed by atoms with Gasteiger partial charge in [0.25, 0.3) is 0 Å². The van der Waals surface area contributed by atoms with E-state index in [2.05, 4.69) is 19.4 Å². The summed E-state index contributed by atoms with van der Waals surface area (Å²) in [6.45, 7) is 1.48. The summed E-state index contributed by atoms with van der Waals surface area (Å²) in [5, 5.41) is 6.01. The third-order valence-corrected chi connectivity index (χ3v) is 2.96. The first-order chi connectivity index (χ1) is 8.21. The van der Waals surface area contributed by atoms with E-state index in [0.29, 0.717) is 5.69 Å². The number of aryl methyl sites for hydroxylation is 1. The summed E-state index contributed by atoms with van der Waals surface area (Å²) in [5.74, 6) is -0.469. The van der Waals surface area contributed by atoms with Crippen molar-refractivity contribution in [2.45, 2.75) is 12.4 Å². The van der Waals surface area contributed by atoms with Gasteiger partial charge in [-0.1, -0.05) is 0 Å². The highest BCUT2D eigenvalue weighted by Crippen LogP contribution is 2.30. The van der Waals surface area contributed by atoms with E-state index in [1.807, 2.05) is 0 Å². The van der Waals surface area contributed by atoms with Crippen molar-refractivity contribution < 1.29 is 25.8 Å². The van der Waals surface area contributed by atoms with Crippen molar-refractivity contribution in [3.05, 3.63) is 18.0 Å². The number of alkyl halides is 3. The molecule has 0 saturated heterocycles.